The molecule has 1 atom stereocenters. The largest absolute Gasteiger partial charge is 0.491 e. The number of aliphatic hydroxyl groups excluding tert-OH is 1. The second kappa shape index (κ2) is 10.1. The molecule has 1 aromatic rings. The highest BCUT2D eigenvalue weighted by Crippen LogP contribution is 2.22. The first kappa shape index (κ1) is 17.3. The number of nitrogens with one attached hydrogen (secondary N) is 1. The maximum Gasteiger partial charge on any atom is 0.119 e. The van der Waals surface area contributed by atoms with E-state index in [9.17, 15) is 0 Å². The maximum absolute atomic E-state index is 8.89. The zero-order chi connectivity index (χ0) is 14.8. The third kappa shape index (κ3) is 6.64. The van der Waals surface area contributed by atoms with Crippen molar-refractivity contribution >= 4 is 11.8 Å². The molecule has 20 heavy (non-hydrogen) atoms. The lowest BCUT2D eigenvalue weighted by molar-refractivity contribution is 0.242. The molecule has 0 spiro atoms. The zero-order valence-electron chi connectivity index (χ0n) is 12.8. The van der Waals surface area contributed by atoms with Gasteiger partial charge in [-0.05, 0) is 44.5 Å². The van der Waals surface area contributed by atoms with Crippen molar-refractivity contribution in [2.45, 2.75) is 39.3 Å². The fourth-order valence-electron chi connectivity index (χ4n) is 1.91. The topological polar surface area (TPSA) is 41.5 Å². The van der Waals surface area contributed by atoms with Crippen LogP contribution in [0.3, 0.4) is 0 Å². The molecule has 2 N–H and O–H groups in total. The van der Waals surface area contributed by atoms with Gasteiger partial charge in [-0.25, -0.2) is 0 Å². The van der Waals surface area contributed by atoms with E-state index in [0.29, 0.717) is 6.04 Å². The molecule has 1 aromatic carbocycles. The molecule has 0 aliphatic carbocycles. The van der Waals surface area contributed by atoms with Crippen molar-refractivity contribution in [2.75, 3.05) is 24.7 Å². The quantitative estimate of drug-likeness (QED) is 0.651. The van der Waals surface area contributed by atoms with Crippen molar-refractivity contribution in [3.63, 3.8) is 0 Å². The van der Waals surface area contributed by atoms with Crippen LogP contribution < -0.4 is 10.1 Å². The van der Waals surface area contributed by atoms with Gasteiger partial charge in [0.2, 0.25) is 0 Å². The van der Waals surface area contributed by atoms with Crippen LogP contribution in [0.4, 0.5) is 0 Å². The van der Waals surface area contributed by atoms with Gasteiger partial charge < -0.3 is 15.2 Å². The van der Waals surface area contributed by atoms with Gasteiger partial charge in [0.25, 0.3) is 0 Å². The van der Waals surface area contributed by atoms with Gasteiger partial charge >= 0.3 is 0 Å². The summed E-state index contributed by atoms with van der Waals surface area (Å²) in [6.45, 7) is 7.49. The molecule has 1 unspecified atom stereocenters. The molecule has 0 saturated carbocycles. The predicted octanol–water partition coefficient (Wildman–Crippen LogP) is 3.24. The summed E-state index contributed by atoms with van der Waals surface area (Å²) in [6, 6.07) is 8.66. The van der Waals surface area contributed by atoms with Crippen LogP contribution >= 0.6 is 11.8 Å². The molecular weight excluding hydrogens is 270 g/mol. The van der Waals surface area contributed by atoms with Crippen LogP contribution in [0.25, 0.3) is 0 Å². The van der Waals surface area contributed by atoms with Gasteiger partial charge in [0, 0.05) is 17.5 Å². The molecule has 0 aromatic heterocycles. The summed E-state index contributed by atoms with van der Waals surface area (Å²) in [6.07, 6.45) is 1.32. The Hall–Kier alpha value is -0.710. The summed E-state index contributed by atoms with van der Waals surface area (Å²) < 4.78 is 5.67. The first-order chi connectivity index (χ1) is 9.67. The Balaban J connectivity index is 2.63. The van der Waals surface area contributed by atoms with E-state index in [1.54, 1.807) is 11.8 Å². The zero-order valence-corrected chi connectivity index (χ0v) is 13.6. The monoisotopic (exact) mass is 297 g/mol. The molecule has 0 bridgehead atoms. The van der Waals surface area contributed by atoms with Crippen molar-refractivity contribution < 1.29 is 9.84 Å². The summed E-state index contributed by atoms with van der Waals surface area (Å²) in [5.74, 6) is 2.69. The highest BCUT2D eigenvalue weighted by atomic mass is 32.2. The van der Waals surface area contributed by atoms with Crippen LogP contribution in [0.5, 0.6) is 5.75 Å². The smallest absolute Gasteiger partial charge is 0.119 e. The highest BCUT2D eigenvalue weighted by molar-refractivity contribution is 7.99. The second-order valence-electron chi connectivity index (χ2n) is 5.04. The van der Waals surface area contributed by atoms with Crippen molar-refractivity contribution in [3.8, 4) is 5.75 Å². The molecule has 0 amide bonds. The summed E-state index contributed by atoms with van der Waals surface area (Å²) in [5.41, 5.74) is 1.28. The number of ether oxygens (including phenoxy) is 1. The number of thioether (sulfide) groups is 1. The number of hydrogen-bond acceptors (Lipinski definition) is 4. The lowest BCUT2D eigenvalue weighted by atomic mass is 10.1. The van der Waals surface area contributed by atoms with E-state index in [-0.39, 0.29) is 12.7 Å². The Morgan fingerprint density at radius 3 is 2.50 bits per heavy atom. The standard InChI is InChI=1S/C16H27NO2S/c1-4-9-17-16(12-20-11-10-18)14-5-7-15(8-6-14)19-13(2)3/h5-8,13,16-18H,4,9-12H2,1-3H3. The Kier molecular flexibility index (Phi) is 8.74. The summed E-state index contributed by atoms with van der Waals surface area (Å²) >= 11 is 1.78. The van der Waals surface area contributed by atoms with Crippen LogP contribution in [0, 0.1) is 0 Å². The minimum atomic E-state index is 0.204. The van der Waals surface area contributed by atoms with E-state index >= 15 is 0 Å². The molecule has 114 valence electrons. The van der Waals surface area contributed by atoms with Gasteiger partial charge in [-0.15, -0.1) is 0 Å². The van der Waals surface area contributed by atoms with Gasteiger partial charge in [0.05, 0.1) is 12.7 Å². The maximum atomic E-state index is 8.89. The van der Waals surface area contributed by atoms with Gasteiger partial charge in [0.1, 0.15) is 5.75 Å². The average molecular weight is 297 g/mol. The molecule has 4 heteroatoms. The summed E-state index contributed by atoms with van der Waals surface area (Å²) in [4.78, 5) is 0. The lowest BCUT2D eigenvalue weighted by Crippen LogP contribution is -2.24. The highest BCUT2D eigenvalue weighted by Gasteiger charge is 2.11. The Labute approximate surface area is 127 Å². The number of hydrogen-bond donors (Lipinski definition) is 2. The SMILES string of the molecule is CCCNC(CSCCO)c1ccc(OC(C)C)cc1. The van der Waals surface area contributed by atoms with Gasteiger partial charge in [-0.3, -0.25) is 0 Å². The molecule has 0 fully saturated rings. The van der Waals surface area contributed by atoms with Gasteiger partial charge in [-0.1, -0.05) is 19.1 Å². The molecule has 1 rings (SSSR count). The van der Waals surface area contributed by atoms with Crippen LogP contribution in [-0.4, -0.2) is 35.9 Å². The van der Waals surface area contributed by atoms with E-state index in [1.165, 1.54) is 5.56 Å². The molecule has 0 saturated heterocycles. The van der Waals surface area contributed by atoms with Crippen molar-refractivity contribution in [2.24, 2.45) is 0 Å². The first-order valence-corrected chi connectivity index (χ1v) is 8.51. The minimum absolute atomic E-state index is 0.204. The second-order valence-corrected chi connectivity index (χ2v) is 6.19. The third-order valence-electron chi connectivity index (χ3n) is 2.82. The van der Waals surface area contributed by atoms with Crippen molar-refractivity contribution in [1.82, 2.24) is 5.32 Å². The van der Waals surface area contributed by atoms with E-state index < -0.39 is 0 Å². The minimum Gasteiger partial charge on any atom is -0.491 e. The van der Waals surface area contributed by atoms with Crippen molar-refractivity contribution in [3.05, 3.63) is 29.8 Å². The normalized spacial score (nSPS) is 12.7. The molecule has 0 aliphatic heterocycles. The van der Waals surface area contributed by atoms with Gasteiger partial charge in [0.15, 0.2) is 0 Å². The van der Waals surface area contributed by atoms with Crippen molar-refractivity contribution in [1.29, 1.82) is 0 Å². The lowest BCUT2D eigenvalue weighted by Gasteiger charge is -2.19. The molecule has 0 heterocycles. The Morgan fingerprint density at radius 2 is 1.95 bits per heavy atom. The Bertz CT molecular complexity index is 354. The van der Waals surface area contributed by atoms with Gasteiger partial charge in [-0.2, -0.15) is 11.8 Å². The van der Waals surface area contributed by atoms with Crippen LogP contribution in [0.15, 0.2) is 24.3 Å². The molecule has 0 radical (unpaired) electrons. The fraction of sp³-hybridized carbons (Fsp3) is 0.625. The molecular formula is C16H27NO2S. The van der Waals surface area contributed by atoms with E-state index in [2.05, 4.69) is 24.4 Å². The van der Waals surface area contributed by atoms with E-state index in [0.717, 1.165) is 30.2 Å². The third-order valence-corrected chi connectivity index (χ3v) is 3.86. The fourth-order valence-corrected chi connectivity index (χ4v) is 2.75. The summed E-state index contributed by atoms with van der Waals surface area (Å²) in [5, 5.41) is 12.4. The Morgan fingerprint density at radius 1 is 1.25 bits per heavy atom. The molecule has 0 aliphatic rings. The predicted molar refractivity (Wildman–Crippen MR) is 87.7 cm³/mol. The summed E-state index contributed by atoms with van der Waals surface area (Å²) in [7, 11) is 0. The van der Waals surface area contributed by atoms with Crippen LogP contribution in [0.2, 0.25) is 0 Å². The number of aliphatic hydroxyl groups is 1. The van der Waals surface area contributed by atoms with E-state index in [4.69, 9.17) is 9.84 Å². The molecule has 3 nitrogen and oxygen atoms in total. The average Bonchev–Trinajstić information content (AvgIpc) is 2.43. The van der Waals surface area contributed by atoms with E-state index in [1.807, 2.05) is 26.0 Å². The van der Waals surface area contributed by atoms with Crippen LogP contribution in [-0.2, 0) is 0 Å². The number of benzene rings is 1. The first-order valence-electron chi connectivity index (χ1n) is 7.36. The number of rotatable bonds is 10. The van der Waals surface area contributed by atoms with Crippen LogP contribution in [0.1, 0.15) is 38.8 Å².